The fourth-order valence-electron chi connectivity index (χ4n) is 5.00. The summed E-state index contributed by atoms with van der Waals surface area (Å²) >= 11 is 0. The maximum Gasteiger partial charge on any atom is 0.225 e. The molecule has 35 heavy (non-hydrogen) atoms. The molecule has 8 heteroatoms. The lowest BCUT2D eigenvalue weighted by Crippen LogP contribution is -2.47. The molecule has 0 N–H and O–H groups in total. The second-order valence-electron chi connectivity index (χ2n) is 8.81. The summed E-state index contributed by atoms with van der Waals surface area (Å²) < 4.78 is 16.5. The number of ether oxygens (including phenoxy) is 3. The topological polar surface area (TPSA) is 77.0 Å². The van der Waals surface area contributed by atoms with Crippen molar-refractivity contribution in [2.45, 2.75) is 18.8 Å². The summed E-state index contributed by atoms with van der Waals surface area (Å²) in [7, 11) is 4.97. The highest BCUT2D eigenvalue weighted by Gasteiger charge is 2.31. The van der Waals surface area contributed by atoms with Gasteiger partial charge in [-0.2, -0.15) is 0 Å². The van der Waals surface area contributed by atoms with E-state index in [2.05, 4.69) is 20.9 Å². The van der Waals surface area contributed by atoms with Gasteiger partial charge < -0.3 is 24.0 Å². The average molecular weight is 475 g/mol. The summed E-state index contributed by atoms with van der Waals surface area (Å²) in [4.78, 5) is 26.9. The molecule has 2 aliphatic rings. The van der Waals surface area contributed by atoms with Crippen molar-refractivity contribution in [3.05, 3.63) is 65.5 Å². The maximum absolute atomic E-state index is 13.0. The largest absolute Gasteiger partial charge is 0.497 e. The van der Waals surface area contributed by atoms with Gasteiger partial charge in [0.25, 0.3) is 0 Å². The maximum atomic E-state index is 13.0. The number of Topliss-reactive ketones (excluding diaryl/α,β-unsaturated/α-hetero) is 1. The lowest BCUT2D eigenvalue weighted by atomic mass is 9.82. The minimum atomic E-state index is 0.000925. The van der Waals surface area contributed by atoms with Crippen LogP contribution in [0.25, 0.3) is 0 Å². The Hall–Kier alpha value is -3.81. The molecule has 1 aromatic heterocycles. The zero-order valence-electron chi connectivity index (χ0n) is 20.4. The van der Waals surface area contributed by atoms with E-state index in [0.29, 0.717) is 24.4 Å². The van der Waals surface area contributed by atoms with Crippen LogP contribution in [0.3, 0.4) is 0 Å². The molecular formula is C27H30N4O4. The molecule has 5 rings (SSSR count). The molecule has 1 aliphatic heterocycles. The van der Waals surface area contributed by atoms with Crippen molar-refractivity contribution in [3.8, 4) is 17.2 Å². The van der Waals surface area contributed by atoms with Crippen molar-refractivity contribution < 1.29 is 19.0 Å². The van der Waals surface area contributed by atoms with E-state index >= 15 is 0 Å². The third-order valence-electron chi connectivity index (χ3n) is 6.90. The summed E-state index contributed by atoms with van der Waals surface area (Å²) in [6.07, 6.45) is 2.78. The van der Waals surface area contributed by atoms with Crippen molar-refractivity contribution in [2.75, 3.05) is 57.3 Å². The Morgan fingerprint density at radius 2 is 1.60 bits per heavy atom. The van der Waals surface area contributed by atoms with E-state index < -0.39 is 0 Å². The van der Waals surface area contributed by atoms with Crippen LogP contribution < -0.4 is 24.0 Å². The molecule has 0 bridgehead atoms. The number of rotatable bonds is 6. The molecule has 182 valence electrons. The van der Waals surface area contributed by atoms with Gasteiger partial charge in [-0.05, 0) is 30.2 Å². The van der Waals surface area contributed by atoms with Crippen molar-refractivity contribution in [1.29, 1.82) is 0 Å². The second kappa shape index (κ2) is 9.82. The minimum absolute atomic E-state index is 0.000925. The highest BCUT2D eigenvalue weighted by atomic mass is 16.5. The van der Waals surface area contributed by atoms with Crippen molar-refractivity contribution in [2.24, 2.45) is 0 Å². The first-order valence-corrected chi connectivity index (χ1v) is 11.8. The van der Waals surface area contributed by atoms with E-state index in [9.17, 15) is 4.79 Å². The Balaban J connectivity index is 1.34. The number of ketones is 1. The summed E-state index contributed by atoms with van der Waals surface area (Å²) in [6, 6.07) is 13.8. The molecule has 8 nitrogen and oxygen atoms in total. The Bertz CT molecular complexity index is 1220. The summed E-state index contributed by atoms with van der Waals surface area (Å²) in [5, 5.41) is 0. The molecule has 1 fully saturated rings. The third-order valence-corrected chi connectivity index (χ3v) is 6.90. The van der Waals surface area contributed by atoms with E-state index in [4.69, 9.17) is 19.2 Å². The van der Waals surface area contributed by atoms with Gasteiger partial charge in [-0.1, -0.05) is 18.2 Å². The monoisotopic (exact) mass is 474 g/mol. The first-order valence-electron chi connectivity index (χ1n) is 11.8. The number of anilines is 2. The van der Waals surface area contributed by atoms with Crippen LogP contribution in [0.15, 0.2) is 48.7 Å². The summed E-state index contributed by atoms with van der Waals surface area (Å²) in [6.45, 7) is 3.26. The van der Waals surface area contributed by atoms with Gasteiger partial charge in [-0.25, -0.2) is 9.97 Å². The number of methoxy groups -OCH3 is 3. The number of carbonyl (C=O) groups excluding carboxylic acids is 1. The van der Waals surface area contributed by atoms with Crippen molar-refractivity contribution >= 4 is 17.4 Å². The lowest BCUT2D eigenvalue weighted by molar-refractivity contribution is 0.0962. The van der Waals surface area contributed by atoms with Crippen LogP contribution in [-0.4, -0.2) is 63.3 Å². The van der Waals surface area contributed by atoms with Crippen LogP contribution >= 0.6 is 0 Å². The molecule has 1 saturated heterocycles. The van der Waals surface area contributed by atoms with E-state index in [1.165, 1.54) is 0 Å². The van der Waals surface area contributed by atoms with E-state index in [1.54, 1.807) is 27.5 Å². The van der Waals surface area contributed by atoms with Gasteiger partial charge in [-0.3, -0.25) is 4.79 Å². The molecule has 0 unspecified atom stereocenters. The summed E-state index contributed by atoms with van der Waals surface area (Å²) in [5.74, 6) is 3.09. The Labute approximate surface area is 205 Å². The molecule has 1 atom stereocenters. The normalized spacial score (nSPS) is 17.7. The van der Waals surface area contributed by atoms with Gasteiger partial charge in [0.1, 0.15) is 17.2 Å². The van der Waals surface area contributed by atoms with Crippen LogP contribution in [-0.2, 0) is 6.42 Å². The fraction of sp³-hybridized carbons (Fsp3) is 0.370. The molecular weight excluding hydrogens is 444 g/mol. The first kappa shape index (κ1) is 23.0. The number of carbonyl (C=O) groups is 1. The zero-order valence-corrected chi connectivity index (χ0v) is 20.4. The van der Waals surface area contributed by atoms with Crippen LogP contribution in [0.4, 0.5) is 11.6 Å². The molecule has 3 aromatic rings. The highest BCUT2D eigenvalue weighted by molar-refractivity contribution is 5.98. The summed E-state index contributed by atoms with van der Waals surface area (Å²) in [5.41, 5.74) is 3.53. The molecule has 2 aromatic carbocycles. The Morgan fingerprint density at radius 1 is 0.857 bits per heavy atom. The van der Waals surface area contributed by atoms with Gasteiger partial charge in [-0.15, -0.1) is 0 Å². The number of para-hydroxylation sites is 2. The van der Waals surface area contributed by atoms with Gasteiger partial charge in [0.2, 0.25) is 5.95 Å². The smallest absolute Gasteiger partial charge is 0.225 e. The van der Waals surface area contributed by atoms with Gasteiger partial charge >= 0.3 is 0 Å². The molecule has 0 radical (unpaired) electrons. The first-order chi connectivity index (χ1) is 17.1. The number of fused-ring (bicyclic) bond motifs is 1. The highest BCUT2D eigenvalue weighted by Crippen LogP contribution is 2.38. The van der Waals surface area contributed by atoms with Crippen molar-refractivity contribution in [1.82, 2.24) is 9.97 Å². The Kier molecular flexibility index (Phi) is 6.44. The van der Waals surface area contributed by atoms with Crippen LogP contribution in [0.2, 0.25) is 0 Å². The quantitative estimate of drug-likeness (QED) is 0.535. The van der Waals surface area contributed by atoms with Crippen LogP contribution in [0.1, 0.15) is 34.0 Å². The van der Waals surface area contributed by atoms with Gasteiger partial charge in [0.15, 0.2) is 5.78 Å². The second-order valence-corrected chi connectivity index (χ2v) is 8.81. The van der Waals surface area contributed by atoms with Crippen LogP contribution in [0.5, 0.6) is 17.2 Å². The SMILES string of the molecule is COc1ccc([C@H]2CC(=O)c3cnc(N4CCN(c5ccccc5OC)CC4)nc3C2)c(OC)c1. The number of nitrogens with zero attached hydrogens (tertiary/aromatic N) is 4. The number of aromatic nitrogens is 2. The molecule has 0 saturated carbocycles. The number of hydrogen-bond acceptors (Lipinski definition) is 8. The van der Waals surface area contributed by atoms with E-state index in [-0.39, 0.29) is 11.7 Å². The molecule has 2 heterocycles. The predicted molar refractivity (Wildman–Crippen MR) is 134 cm³/mol. The van der Waals surface area contributed by atoms with E-state index in [1.807, 2.05) is 36.4 Å². The van der Waals surface area contributed by atoms with Gasteiger partial charge in [0.05, 0.1) is 38.3 Å². The molecule has 0 spiro atoms. The lowest BCUT2D eigenvalue weighted by Gasteiger charge is -2.37. The predicted octanol–water partition coefficient (Wildman–Crippen LogP) is 3.74. The zero-order chi connectivity index (χ0) is 24.4. The van der Waals surface area contributed by atoms with Gasteiger partial charge in [0, 0.05) is 50.8 Å². The standard InChI is InChI=1S/C27H30N4O4/c1-33-19-8-9-20(26(16-19)35-3)18-14-22-21(24(32)15-18)17-28-27(29-22)31-12-10-30(11-13-31)23-6-4-5-7-25(23)34-2/h4-9,16-18H,10-15H2,1-3H3/t18-/m1/s1. The number of hydrogen-bond donors (Lipinski definition) is 0. The van der Waals surface area contributed by atoms with Crippen molar-refractivity contribution in [3.63, 3.8) is 0 Å². The molecule has 0 amide bonds. The number of benzene rings is 2. The van der Waals surface area contributed by atoms with Crippen LogP contribution in [0, 0.1) is 0 Å². The third kappa shape index (κ3) is 4.48. The minimum Gasteiger partial charge on any atom is -0.497 e. The average Bonchev–Trinajstić information content (AvgIpc) is 2.92. The fourth-order valence-corrected chi connectivity index (χ4v) is 5.00. The Morgan fingerprint density at radius 3 is 2.34 bits per heavy atom. The van der Waals surface area contributed by atoms with E-state index in [0.717, 1.165) is 60.4 Å². The molecule has 1 aliphatic carbocycles. The number of piperazine rings is 1.